The van der Waals surface area contributed by atoms with Gasteiger partial charge in [0.25, 0.3) is 5.24 Å². The molecule has 0 spiro atoms. The lowest BCUT2D eigenvalue weighted by Gasteiger charge is -2.16. The zero-order valence-electron chi connectivity index (χ0n) is 11.8. The first-order chi connectivity index (χ1) is 10.6. The Morgan fingerprint density at radius 1 is 1.05 bits per heavy atom. The minimum atomic E-state index is -0.337. The SMILES string of the molecule is CC1SC(=O)N(c2cccc3nc4ccccc4cc23)C1=O. The lowest BCUT2D eigenvalue weighted by atomic mass is 10.1. The van der Waals surface area contributed by atoms with E-state index >= 15 is 0 Å². The van der Waals surface area contributed by atoms with Crippen molar-refractivity contribution >= 4 is 50.4 Å². The van der Waals surface area contributed by atoms with Crippen LogP contribution >= 0.6 is 11.8 Å². The summed E-state index contributed by atoms with van der Waals surface area (Å²) in [6.45, 7) is 1.75. The smallest absolute Gasteiger partial charge is 0.273 e. The van der Waals surface area contributed by atoms with E-state index < -0.39 is 0 Å². The van der Waals surface area contributed by atoms with Crippen LogP contribution in [0, 0.1) is 0 Å². The Bertz CT molecular complexity index is 938. The summed E-state index contributed by atoms with van der Waals surface area (Å²) in [5.41, 5.74) is 2.29. The number of rotatable bonds is 1. The monoisotopic (exact) mass is 308 g/mol. The maximum atomic E-state index is 12.3. The van der Waals surface area contributed by atoms with Gasteiger partial charge < -0.3 is 0 Å². The van der Waals surface area contributed by atoms with Crippen molar-refractivity contribution in [3.8, 4) is 0 Å². The van der Waals surface area contributed by atoms with Gasteiger partial charge in [0, 0.05) is 10.8 Å². The Kier molecular flexibility index (Phi) is 2.90. The van der Waals surface area contributed by atoms with Gasteiger partial charge in [-0.2, -0.15) is 0 Å². The van der Waals surface area contributed by atoms with Crippen molar-refractivity contribution in [1.82, 2.24) is 4.98 Å². The number of carbonyl (C=O) groups is 2. The Balaban J connectivity index is 2.00. The number of hydrogen-bond acceptors (Lipinski definition) is 4. The molecule has 22 heavy (non-hydrogen) atoms. The summed E-state index contributed by atoms with van der Waals surface area (Å²) in [6.07, 6.45) is 0. The molecule has 1 saturated heterocycles. The molecule has 0 aliphatic carbocycles. The van der Waals surface area contributed by atoms with Gasteiger partial charge in [-0.15, -0.1) is 0 Å². The summed E-state index contributed by atoms with van der Waals surface area (Å²) in [7, 11) is 0. The molecule has 0 N–H and O–H groups in total. The van der Waals surface area contributed by atoms with E-state index in [0.29, 0.717) is 5.69 Å². The second kappa shape index (κ2) is 4.81. The molecule has 1 fully saturated rings. The van der Waals surface area contributed by atoms with Gasteiger partial charge in [-0.3, -0.25) is 9.59 Å². The fraction of sp³-hybridized carbons (Fsp3) is 0.118. The number of aromatic nitrogens is 1. The number of thioether (sulfide) groups is 1. The molecule has 2 heterocycles. The maximum Gasteiger partial charge on any atom is 0.293 e. The van der Waals surface area contributed by atoms with Crippen LogP contribution in [0.15, 0.2) is 48.5 Å². The third-order valence-corrected chi connectivity index (χ3v) is 4.75. The van der Waals surface area contributed by atoms with Crippen molar-refractivity contribution in [2.45, 2.75) is 12.2 Å². The molecule has 1 aliphatic rings. The van der Waals surface area contributed by atoms with Gasteiger partial charge in [-0.1, -0.05) is 36.0 Å². The second-order valence-corrected chi connectivity index (χ2v) is 6.52. The highest BCUT2D eigenvalue weighted by Crippen LogP contribution is 2.36. The highest BCUT2D eigenvalue weighted by atomic mass is 32.2. The summed E-state index contributed by atoms with van der Waals surface area (Å²) in [6, 6.07) is 15.3. The highest BCUT2D eigenvalue weighted by Gasteiger charge is 2.38. The first kappa shape index (κ1) is 13.3. The first-order valence-corrected chi connectivity index (χ1v) is 7.86. The number of hydrogen-bond donors (Lipinski definition) is 0. The van der Waals surface area contributed by atoms with Crippen molar-refractivity contribution in [2.24, 2.45) is 0 Å². The number of nitrogens with zero attached hydrogens (tertiary/aromatic N) is 2. The third kappa shape index (κ3) is 1.89. The van der Waals surface area contributed by atoms with Gasteiger partial charge in [0.05, 0.1) is 22.0 Å². The number of imide groups is 1. The topological polar surface area (TPSA) is 50.3 Å². The second-order valence-electron chi connectivity index (χ2n) is 5.22. The maximum absolute atomic E-state index is 12.3. The largest absolute Gasteiger partial charge is 0.293 e. The van der Waals surface area contributed by atoms with Gasteiger partial charge >= 0.3 is 0 Å². The van der Waals surface area contributed by atoms with Crippen molar-refractivity contribution < 1.29 is 9.59 Å². The number of benzene rings is 2. The number of pyridine rings is 1. The van der Waals surface area contributed by atoms with Crippen LogP contribution in [0.4, 0.5) is 10.5 Å². The van der Waals surface area contributed by atoms with Gasteiger partial charge in [0.2, 0.25) is 5.91 Å². The molecule has 1 aliphatic heterocycles. The Hall–Kier alpha value is -2.40. The van der Waals surface area contributed by atoms with E-state index in [1.807, 2.05) is 42.5 Å². The predicted molar refractivity (Wildman–Crippen MR) is 89.2 cm³/mol. The number of fused-ring (bicyclic) bond motifs is 2. The van der Waals surface area contributed by atoms with Crippen LogP contribution in [0.3, 0.4) is 0 Å². The normalized spacial score (nSPS) is 18.6. The molecule has 0 bridgehead atoms. The summed E-state index contributed by atoms with van der Waals surface area (Å²) < 4.78 is 0. The predicted octanol–water partition coefficient (Wildman–Crippen LogP) is 3.98. The summed E-state index contributed by atoms with van der Waals surface area (Å²) in [5.74, 6) is -0.171. The minimum Gasteiger partial charge on any atom is -0.273 e. The molecule has 0 saturated carbocycles. The number of para-hydroxylation sites is 1. The van der Waals surface area contributed by atoms with Crippen LogP contribution in [-0.2, 0) is 4.79 Å². The van der Waals surface area contributed by atoms with E-state index in [1.165, 1.54) is 4.90 Å². The molecule has 4 rings (SSSR count). The zero-order chi connectivity index (χ0) is 15.3. The average Bonchev–Trinajstić information content (AvgIpc) is 2.77. The molecule has 3 aromatic rings. The van der Waals surface area contributed by atoms with Crippen LogP contribution in [0.5, 0.6) is 0 Å². The lowest BCUT2D eigenvalue weighted by molar-refractivity contribution is -0.116. The molecule has 4 nitrogen and oxygen atoms in total. The van der Waals surface area contributed by atoms with Gasteiger partial charge in [0.1, 0.15) is 0 Å². The summed E-state index contributed by atoms with van der Waals surface area (Å²) in [5, 5.41) is 1.24. The van der Waals surface area contributed by atoms with Crippen molar-refractivity contribution in [1.29, 1.82) is 0 Å². The van der Waals surface area contributed by atoms with E-state index in [2.05, 4.69) is 4.98 Å². The Morgan fingerprint density at radius 3 is 2.59 bits per heavy atom. The van der Waals surface area contributed by atoms with Gasteiger partial charge in [0.15, 0.2) is 0 Å². The molecular weight excluding hydrogens is 296 g/mol. The molecule has 108 valence electrons. The number of carbonyl (C=O) groups excluding carboxylic acids is 2. The first-order valence-electron chi connectivity index (χ1n) is 6.98. The average molecular weight is 308 g/mol. The van der Waals surface area contributed by atoms with Crippen LogP contribution in [0.1, 0.15) is 6.92 Å². The van der Waals surface area contributed by atoms with Gasteiger partial charge in [-0.05, 0) is 31.2 Å². The fourth-order valence-electron chi connectivity index (χ4n) is 2.72. The van der Waals surface area contributed by atoms with Crippen LogP contribution in [-0.4, -0.2) is 21.4 Å². The quantitative estimate of drug-likeness (QED) is 0.638. The molecule has 2 amide bonds. The zero-order valence-corrected chi connectivity index (χ0v) is 12.6. The highest BCUT2D eigenvalue weighted by molar-refractivity contribution is 8.15. The Labute approximate surface area is 131 Å². The van der Waals surface area contributed by atoms with E-state index in [9.17, 15) is 9.59 Å². The fourth-order valence-corrected chi connectivity index (χ4v) is 3.52. The molecule has 2 aromatic carbocycles. The standard InChI is InChI=1S/C17H12N2O2S/c1-10-16(20)19(17(21)22-10)15-8-4-7-14-12(15)9-11-5-2-3-6-13(11)18-14/h2-10H,1H3. The molecular formula is C17H12N2O2S. The Morgan fingerprint density at radius 2 is 1.82 bits per heavy atom. The molecule has 5 heteroatoms. The minimum absolute atomic E-state index is 0.171. The van der Waals surface area contributed by atoms with Crippen LogP contribution in [0.2, 0.25) is 0 Å². The van der Waals surface area contributed by atoms with E-state index in [4.69, 9.17) is 0 Å². The molecule has 1 aromatic heterocycles. The number of amides is 2. The number of anilines is 1. The van der Waals surface area contributed by atoms with Crippen LogP contribution in [0.25, 0.3) is 21.8 Å². The molecule has 1 unspecified atom stereocenters. The summed E-state index contributed by atoms with van der Waals surface area (Å²) >= 11 is 1.06. The molecule has 1 atom stereocenters. The van der Waals surface area contributed by atoms with Crippen molar-refractivity contribution in [3.05, 3.63) is 48.5 Å². The third-order valence-electron chi connectivity index (χ3n) is 3.81. The van der Waals surface area contributed by atoms with E-state index in [0.717, 1.165) is 33.6 Å². The van der Waals surface area contributed by atoms with E-state index in [1.54, 1.807) is 13.0 Å². The van der Waals surface area contributed by atoms with Gasteiger partial charge in [-0.25, -0.2) is 9.88 Å². The van der Waals surface area contributed by atoms with Crippen molar-refractivity contribution in [2.75, 3.05) is 4.90 Å². The van der Waals surface area contributed by atoms with E-state index in [-0.39, 0.29) is 16.4 Å². The van der Waals surface area contributed by atoms with Crippen molar-refractivity contribution in [3.63, 3.8) is 0 Å². The summed E-state index contributed by atoms with van der Waals surface area (Å²) in [4.78, 5) is 30.3. The lowest BCUT2D eigenvalue weighted by Crippen LogP contribution is -2.30. The molecule has 0 radical (unpaired) electrons. The van der Waals surface area contributed by atoms with Crippen LogP contribution < -0.4 is 4.90 Å².